The molecule has 1 amide bonds. The SMILES string of the molecule is COc1ccc2c(c1)CN(C(=O)c1cc(S(=O)(=O)N(C)C)ccc1N1CCCC1)CC2. The van der Waals surface area contributed by atoms with Crippen molar-refractivity contribution in [2.75, 3.05) is 45.7 Å². The van der Waals surface area contributed by atoms with E-state index in [0.29, 0.717) is 18.7 Å². The zero-order chi connectivity index (χ0) is 22.2. The standard InChI is InChI=1S/C23H29N3O4S/c1-24(2)31(28,29)20-8-9-22(25-11-4-5-12-25)21(15-20)23(27)26-13-10-17-6-7-19(30-3)14-18(17)16-26/h6-9,14-15H,4-5,10-13,16H2,1-3H3. The third kappa shape index (κ3) is 4.14. The largest absolute Gasteiger partial charge is 0.497 e. The van der Waals surface area contributed by atoms with Gasteiger partial charge in [0.25, 0.3) is 5.91 Å². The predicted molar refractivity (Wildman–Crippen MR) is 120 cm³/mol. The molecule has 7 nitrogen and oxygen atoms in total. The maximum atomic E-state index is 13.7. The number of benzene rings is 2. The van der Waals surface area contributed by atoms with Gasteiger partial charge in [-0.05, 0) is 60.7 Å². The van der Waals surface area contributed by atoms with Gasteiger partial charge < -0.3 is 14.5 Å². The molecule has 0 spiro atoms. The van der Waals surface area contributed by atoms with Crippen LogP contribution in [0.5, 0.6) is 5.75 Å². The van der Waals surface area contributed by atoms with Gasteiger partial charge in [0, 0.05) is 46.0 Å². The number of carbonyl (C=O) groups excluding carboxylic acids is 1. The normalized spacial score (nSPS) is 16.5. The smallest absolute Gasteiger partial charge is 0.256 e. The van der Waals surface area contributed by atoms with E-state index in [-0.39, 0.29) is 10.8 Å². The lowest BCUT2D eigenvalue weighted by atomic mass is 9.98. The average molecular weight is 444 g/mol. The number of fused-ring (bicyclic) bond motifs is 1. The quantitative estimate of drug-likeness (QED) is 0.711. The molecule has 2 heterocycles. The topological polar surface area (TPSA) is 70.2 Å². The number of rotatable bonds is 5. The van der Waals surface area contributed by atoms with E-state index in [1.165, 1.54) is 24.0 Å². The molecule has 0 saturated carbocycles. The van der Waals surface area contributed by atoms with Crippen LogP contribution in [0.25, 0.3) is 0 Å². The Morgan fingerprint density at radius 1 is 1.00 bits per heavy atom. The Morgan fingerprint density at radius 3 is 2.42 bits per heavy atom. The third-order valence-electron chi connectivity index (χ3n) is 6.14. The van der Waals surface area contributed by atoms with Gasteiger partial charge in [-0.1, -0.05) is 6.07 Å². The Morgan fingerprint density at radius 2 is 1.74 bits per heavy atom. The van der Waals surface area contributed by atoms with E-state index in [4.69, 9.17) is 4.74 Å². The summed E-state index contributed by atoms with van der Waals surface area (Å²) >= 11 is 0. The minimum Gasteiger partial charge on any atom is -0.497 e. The molecule has 8 heteroatoms. The number of methoxy groups -OCH3 is 1. The van der Waals surface area contributed by atoms with E-state index < -0.39 is 10.0 Å². The van der Waals surface area contributed by atoms with Gasteiger partial charge in [0.05, 0.1) is 17.6 Å². The van der Waals surface area contributed by atoms with Crippen molar-refractivity contribution < 1.29 is 17.9 Å². The van der Waals surface area contributed by atoms with E-state index in [2.05, 4.69) is 11.0 Å². The van der Waals surface area contributed by atoms with Gasteiger partial charge in [-0.15, -0.1) is 0 Å². The highest BCUT2D eigenvalue weighted by Gasteiger charge is 2.28. The number of hydrogen-bond donors (Lipinski definition) is 0. The van der Waals surface area contributed by atoms with Crippen LogP contribution in [0, 0.1) is 0 Å². The summed E-state index contributed by atoms with van der Waals surface area (Å²) in [5.41, 5.74) is 3.56. The van der Waals surface area contributed by atoms with Crippen molar-refractivity contribution >= 4 is 21.6 Å². The Hall–Kier alpha value is -2.58. The van der Waals surface area contributed by atoms with Crippen LogP contribution < -0.4 is 9.64 Å². The molecule has 0 aliphatic carbocycles. The molecule has 2 aliphatic heterocycles. The van der Waals surface area contributed by atoms with Crippen LogP contribution in [-0.4, -0.2) is 64.4 Å². The minimum atomic E-state index is -3.63. The zero-order valence-electron chi connectivity index (χ0n) is 18.3. The average Bonchev–Trinajstić information content (AvgIpc) is 3.32. The summed E-state index contributed by atoms with van der Waals surface area (Å²) in [6, 6.07) is 10.9. The number of anilines is 1. The van der Waals surface area contributed by atoms with E-state index in [1.54, 1.807) is 25.3 Å². The molecule has 166 valence electrons. The lowest BCUT2D eigenvalue weighted by Crippen LogP contribution is -2.37. The summed E-state index contributed by atoms with van der Waals surface area (Å²) in [7, 11) is 0.998. The number of sulfonamides is 1. The Balaban J connectivity index is 1.71. The molecule has 31 heavy (non-hydrogen) atoms. The van der Waals surface area contributed by atoms with Crippen LogP contribution >= 0.6 is 0 Å². The summed E-state index contributed by atoms with van der Waals surface area (Å²) in [6.45, 7) is 2.83. The van der Waals surface area contributed by atoms with Crippen molar-refractivity contribution in [2.45, 2.75) is 30.7 Å². The molecule has 4 rings (SSSR count). The second kappa shape index (κ2) is 8.51. The summed E-state index contributed by atoms with van der Waals surface area (Å²) in [5, 5.41) is 0. The molecule has 1 fully saturated rings. The molecule has 0 aromatic heterocycles. The maximum absolute atomic E-state index is 13.7. The van der Waals surface area contributed by atoms with Crippen molar-refractivity contribution in [3.8, 4) is 5.75 Å². The Bertz CT molecular complexity index is 1090. The second-order valence-electron chi connectivity index (χ2n) is 8.27. The molecule has 0 radical (unpaired) electrons. The second-order valence-corrected chi connectivity index (χ2v) is 10.4. The fourth-order valence-electron chi connectivity index (χ4n) is 4.30. The Kier molecular flexibility index (Phi) is 5.94. The number of nitrogens with zero attached hydrogens (tertiary/aromatic N) is 3. The highest BCUT2D eigenvalue weighted by molar-refractivity contribution is 7.89. The van der Waals surface area contributed by atoms with Gasteiger partial charge in [-0.25, -0.2) is 12.7 Å². The summed E-state index contributed by atoms with van der Waals surface area (Å²) < 4.78 is 32.0. The molecule has 2 aromatic carbocycles. The Labute approximate surface area is 184 Å². The van der Waals surface area contributed by atoms with Crippen molar-refractivity contribution in [1.29, 1.82) is 0 Å². The summed E-state index contributed by atoms with van der Waals surface area (Å²) in [6.07, 6.45) is 2.91. The van der Waals surface area contributed by atoms with Gasteiger partial charge in [0.2, 0.25) is 10.0 Å². The van der Waals surface area contributed by atoms with Gasteiger partial charge in [-0.3, -0.25) is 4.79 Å². The molecule has 2 aromatic rings. The summed E-state index contributed by atoms with van der Waals surface area (Å²) in [5.74, 6) is 0.635. The molecular formula is C23H29N3O4S. The predicted octanol–water partition coefficient (Wildman–Crippen LogP) is 2.74. The van der Waals surface area contributed by atoms with Crippen molar-refractivity contribution in [2.24, 2.45) is 0 Å². The highest BCUT2D eigenvalue weighted by atomic mass is 32.2. The first-order valence-corrected chi connectivity index (χ1v) is 12.0. The molecule has 0 N–H and O–H groups in total. The van der Waals surface area contributed by atoms with E-state index in [1.807, 2.05) is 17.0 Å². The highest BCUT2D eigenvalue weighted by Crippen LogP contribution is 2.31. The molecule has 0 unspecified atom stereocenters. The van der Waals surface area contributed by atoms with E-state index in [0.717, 1.165) is 49.4 Å². The molecule has 1 saturated heterocycles. The molecule has 0 atom stereocenters. The van der Waals surface area contributed by atoms with Gasteiger partial charge in [-0.2, -0.15) is 0 Å². The van der Waals surface area contributed by atoms with Crippen molar-refractivity contribution in [1.82, 2.24) is 9.21 Å². The van der Waals surface area contributed by atoms with Gasteiger partial charge in [0.15, 0.2) is 0 Å². The van der Waals surface area contributed by atoms with Gasteiger partial charge in [0.1, 0.15) is 5.75 Å². The van der Waals surface area contributed by atoms with Crippen LogP contribution in [-0.2, 0) is 23.0 Å². The first-order chi connectivity index (χ1) is 14.8. The zero-order valence-corrected chi connectivity index (χ0v) is 19.1. The van der Waals surface area contributed by atoms with E-state index in [9.17, 15) is 13.2 Å². The van der Waals surface area contributed by atoms with Crippen LogP contribution in [0.3, 0.4) is 0 Å². The summed E-state index contributed by atoms with van der Waals surface area (Å²) in [4.78, 5) is 17.8. The van der Waals surface area contributed by atoms with Crippen LogP contribution in [0.15, 0.2) is 41.3 Å². The first-order valence-electron chi connectivity index (χ1n) is 10.6. The number of amides is 1. The lowest BCUT2D eigenvalue weighted by Gasteiger charge is -2.31. The first kappa shape index (κ1) is 21.6. The molecular weight excluding hydrogens is 414 g/mol. The minimum absolute atomic E-state index is 0.133. The van der Waals surface area contributed by atoms with Crippen molar-refractivity contribution in [3.63, 3.8) is 0 Å². The number of hydrogen-bond acceptors (Lipinski definition) is 5. The fourth-order valence-corrected chi connectivity index (χ4v) is 5.22. The molecule has 2 aliphatic rings. The molecule has 0 bridgehead atoms. The van der Waals surface area contributed by atoms with Crippen molar-refractivity contribution in [3.05, 3.63) is 53.1 Å². The number of ether oxygens (including phenoxy) is 1. The lowest BCUT2D eigenvalue weighted by molar-refractivity contribution is 0.0735. The third-order valence-corrected chi connectivity index (χ3v) is 7.95. The maximum Gasteiger partial charge on any atom is 0.256 e. The fraction of sp³-hybridized carbons (Fsp3) is 0.435. The monoisotopic (exact) mass is 443 g/mol. The van der Waals surface area contributed by atoms with Crippen LogP contribution in [0.1, 0.15) is 34.3 Å². The number of carbonyl (C=O) groups is 1. The van der Waals surface area contributed by atoms with Crippen LogP contribution in [0.2, 0.25) is 0 Å². The van der Waals surface area contributed by atoms with E-state index >= 15 is 0 Å². The van der Waals surface area contributed by atoms with Gasteiger partial charge >= 0.3 is 0 Å². The van der Waals surface area contributed by atoms with Crippen LogP contribution in [0.4, 0.5) is 5.69 Å².